The van der Waals surface area contributed by atoms with Gasteiger partial charge in [-0.1, -0.05) is 35.5 Å². The molecule has 6 heteroatoms. The van der Waals surface area contributed by atoms with Crippen LogP contribution in [0.1, 0.15) is 0 Å². The highest BCUT2D eigenvalue weighted by Crippen LogP contribution is 2.37. The van der Waals surface area contributed by atoms with E-state index in [4.69, 9.17) is 9.51 Å². The van der Waals surface area contributed by atoms with E-state index in [1.54, 1.807) is 12.4 Å². The van der Waals surface area contributed by atoms with Crippen LogP contribution in [0.3, 0.4) is 0 Å². The summed E-state index contributed by atoms with van der Waals surface area (Å²) in [6.07, 6.45) is 3.49. The standard InChI is InChI=1S/C23H13N5O/c1-2-6-17-14(5-1)11-20(28-27-17)23-15(9-10-22-16(23)12-25-29-22)21-13-24-18-7-3-4-8-19(18)26-21/h1-13H. The van der Waals surface area contributed by atoms with Crippen molar-refractivity contribution in [1.29, 1.82) is 0 Å². The summed E-state index contributed by atoms with van der Waals surface area (Å²) in [7, 11) is 0. The number of nitrogens with zero attached hydrogens (tertiary/aromatic N) is 5. The SMILES string of the molecule is c1ccc2nnc(-c3c(-c4cnc5ccccc5n4)ccc4oncc34)cc2c1. The lowest BCUT2D eigenvalue weighted by molar-refractivity contribution is 0.456. The van der Waals surface area contributed by atoms with E-state index < -0.39 is 0 Å². The van der Waals surface area contributed by atoms with Crippen molar-refractivity contribution in [2.45, 2.75) is 0 Å². The van der Waals surface area contributed by atoms with Crippen molar-refractivity contribution < 1.29 is 4.52 Å². The molecule has 0 aliphatic carbocycles. The van der Waals surface area contributed by atoms with Gasteiger partial charge in [-0.2, -0.15) is 0 Å². The second-order valence-electron chi connectivity index (χ2n) is 6.76. The fourth-order valence-corrected chi connectivity index (χ4v) is 3.63. The van der Waals surface area contributed by atoms with Crippen LogP contribution in [0.25, 0.3) is 55.4 Å². The largest absolute Gasteiger partial charge is 0.356 e. The van der Waals surface area contributed by atoms with Gasteiger partial charge >= 0.3 is 0 Å². The molecule has 6 aromatic rings. The van der Waals surface area contributed by atoms with Gasteiger partial charge in [0.1, 0.15) is 0 Å². The van der Waals surface area contributed by atoms with Gasteiger partial charge in [0.2, 0.25) is 0 Å². The van der Waals surface area contributed by atoms with Crippen molar-refractivity contribution in [2.75, 3.05) is 0 Å². The first kappa shape index (κ1) is 15.8. The molecule has 0 aliphatic rings. The fraction of sp³-hybridized carbons (Fsp3) is 0. The van der Waals surface area contributed by atoms with Gasteiger partial charge in [0.15, 0.2) is 5.58 Å². The Morgan fingerprint density at radius 3 is 2.45 bits per heavy atom. The molecule has 0 bridgehead atoms. The molecule has 0 fully saturated rings. The van der Waals surface area contributed by atoms with Crippen LogP contribution in [-0.2, 0) is 0 Å². The molecule has 3 heterocycles. The highest BCUT2D eigenvalue weighted by atomic mass is 16.5. The van der Waals surface area contributed by atoms with Gasteiger partial charge in [0.25, 0.3) is 0 Å². The van der Waals surface area contributed by atoms with E-state index >= 15 is 0 Å². The Balaban J connectivity index is 1.66. The van der Waals surface area contributed by atoms with Gasteiger partial charge < -0.3 is 4.52 Å². The first-order valence-electron chi connectivity index (χ1n) is 9.19. The van der Waals surface area contributed by atoms with Crippen molar-refractivity contribution in [3.63, 3.8) is 0 Å². The highest BCUT2D eigenvalue weighted by molar-refractivity contribution is 6.01. The minimum atomic E-state index is 0.687. The number of benzene rings is 3. The number of para-hydroxylation sites is 2. The molecule has 0 saturated heterocycles. The summed E-state index contributed by atoms with van der Waals surface area (Å²) in [6, 6.07) is 21.6. The molecule has 0 atom stereocenters. The Kier molecular flexibility index (Phi) is 3.37. The molecule has 0 unspecified atom stereocenters. The molecule has 0 aliphatic heterocycles. The van der Waals surface area contributed by atoms with Crippen molar-refractivity contribution in [2.24, 2.45) is 0 Å². The highest BCUT2D eigenvalue weighted by Gasteiger charge is 2.17. The molecule has 0 saturated carbocycles. The Morgan fingerprint density at radius 1 is 0.690 bits per heavy atom. The van der Waals surface area contributed by atoms with Crippen LogP contribution >= 0.6 is 0 Å². The third kappa shape index (κ3) is 2.54. The quantitative estimate of drug-likeness (QED) is 0.421. The molecule has 6 rings (SSSR count). The van der Waals surface area contributed by atoms with Gasteiger partial charge in [0.05, 0.1) is 45.7 Å². The molecule has 3 aromatic heterocycles. The molecule has 0 N–H and O–H groups in total. The molecule has 0 radical (unpaired) electrons. The molecule has 3 aromatic carbocycles. The minimum absolute atomic E-state index is 0.687. The van der Waals surface area contributed by atoms with E-state index in [1.807, 2.05) is 66.7 Å². The maximum Gasteiger partial charge on any atom is 0.167 e. The predicted octanol–water partition coefficient (Wildman–Crippen LogP) is 5.05. The van der Waals surface area contributed by atoms with Crippen molar-refractivity contribution in [3.8, 4) is 22.5 Å². The molecule has 29 heavy (non-hydrogen) atoms. The molecular formula is C23H13N5O. The Labute approximate surface area is 164 Å². The van der Waals surface area contributed by atoms with Gasteiger partial charge in [0, 0.05) is 16.5 Å². The second-order valence-corrected chi connectivity index (χ2v) is 6.76. The van der Waals surface area contributed by atoms with E-state index in [9.17, 15) is 0 Å². The molecular weight excluding hydrogens is 362 g/mol. The van der Waals surface area contributed by atoms with Gasteiger partial charge in [-0.05, 0) is 36.4 Å². The molecule has 6 nitrogen and oxygen atoms in total. The summed E-state index contributed by atoms with van der Waals surface area (Å²) < 4.78 is 5.39. The maximum atomic E-state index is 5.39. The van der Waals surface area contributed by atoms with Gasteiger partial charge in [-0.15, -0.1) is 10.2 Å². The number of rotatable bonds is 2. The van der Waals surface area contributed by atoms with Crippen LogP contribution in [0.15, 0.2) is 83.6 Å². The van der Waals surface area contributed by atoms with Crippen LogP contribution in [0.4, 0.5) is 0 Å². The third-order valence-electron chi connectivity index (χ3n) is 5.01. The number of hydrogen-bond donors (Lipinski definition) is 0. The lowest BCUT2D eigenvalue weighted by Crippen LogP contribution is -1.95. The monoisotopic (exact) mass is 375 g/mol. The van der Waals surface area contributed by atoms with Crippen LogP contribution < -0.4 is 0 Å². The van der Waals surface area contributed by atoms with E-state index in [2.05, 4.69) is 20.3 Å². The average molecular weight is 375 g/mol. The van der Waals surface area contributed by atoms with Crippen LogP contribution in [-0.4, -0.2) is 25.3 Å². The molecule has 136 valence electrons. The van der Waals surface area contributed by atoms with Crippen molar-refractivity contribution in [1.82, 2.24) is 25.3 Å². The lowest BCUT2D eigenvalue weighted by atomic mass is 9.97. The zero-order valence-electron chi connectivity index (χ0n) is 15.1. The lowest BCUT2D eigenvalue weighted by Gasteiger charge is -2.10. The van der Waals surface area contributed by atoms with Crippen LogP contribution in [0.2, 0.25) is 0 Å². The maximum absolute atomic E-state index is 5.39. The summed E-state index contributed by atoms with van der Waals surface area (Å²) in [4.78, 5) is 9.40. The smallest absolute Gasteiger partial charge is 0.167 e. The number of fused-ring (bicyclic) bond motifs is 3. The van der Waals surface area contributed by atoms with Gasteiger partial charge in [-0.3, -0.25) is 4.98 Å². The minimum Gasteiger partial charge on any atom is -0.356 e. The fourth-order valence-electron chi connectivity index (χ4n) is 3.63. The summed E-state index contributed by atoms with van der Waals surface area (Å²) in [5.41, 5.74) is 6.52. The summed E-state index contributed by atoms with van der Waals surface area (Å²) in [6.45, 7) is 0. The summed E-state index contributed by atoms with van der Waals surface area (Å²) in [5.74, 6) is 0. The normalized spacial score (nSPS) is 11.4. The topological polar surface area (TPSA) is 77.6 Å². The zero-order chi connectivity index (χ0) is 19.2. The summed E-state index contributed by atoms with van der Waals surface area (Å²) in [5, 5.41) is 14.7. The number of hydrogen-bond acceptors (Lipinski definition) is 6. The molecule has 0 spiro atoms. The van der Waals surface area contributed by atoms with Crippen LogP contribution in [0.5, 0.6) is 0 Å². The zero-order valence-corrected chi connectivity index (χ0v) is 15.1. The van der Waals surface area contributed by atoms with Crippen molar-refractivity contribution in [3.05, 3.63) is 79.1 Å². The average Bonchev–Trinajstić information content (AvgIpc) is 3.26. The predicted molar refractivity (Wildman–Crippen MR) is 111 cm³/mol. The first-order valence-corrected chi connectivity index (χ1v) is 9.19. The third-order valence-corrected chi connectivity index (χ3v) is 5.01. The number of aromatic nitrogens is 5. The first-order chi connectivity index (χ1) is 14.4. The van der Waals surface area contributed by atoms with Crippen molar-refractivity contribution >= 4 is 32.9 Å². The molecule has 0 amide bonds. The van der Waals surface area contributed by atoms with Crippen LogP contribution in [0, 0.1) is 0 Å². The van der Waals surface area contributed by atoms with Gasteiger partial charge in [-0.25, -0.2) is 4.98 Å². The Hall–Kier alpha value is -4.19. The second kappa shape index (κ2) is 6.17. The summed E-state index contributed by atoms with van der Waals surface area (Å²) >= 11 is 0. The Bertz CT molecular complexity index is 1520. The van der Waals surface area contributed by atoms with E-state index in [-0.39, 0.29) is 0 Å². The Morgan fingerprint density at radius 2 is 1.52 bits per heavy atom. The van der Waals surface area contributed by atoms with E-state index in [1.165, 1.54) is 0 Å². The van der Waals surface area contributed by atoms with E-state index in [0.29, 0.717) is 5.58 Å². The van der Waals surface area contributed by atoms with E-state index in [0.717, 1.165) is 49.8 Å².